The van der Waals surface area contributed by atoms with Crippen molar-refractivity contribution < 1.29 is 0 Å². The predicted molar refractivity (Wildman–Crippen MR) is 77.3 cm³/mol. The largest absolute Gasteiger partial charge is 0.331 e. The number of H-pyrrole nitrogens is 1. The predicted octanol–water partition coefficient (Wildman–Crippen LogP) is 2.75. The number of hydrogen-bond acceptors (Lipinski definition) is 3. The molecule has 0 radical (unpaired) electrons. The van der Waals surface area contributed by atoms with E-state index in [4.69, 9.17) is 12.2 Å². The smallest absolute Gasteiger partial charge is 0.267 e. The van der Waals surface area contributed by atoms with E-state index in [2.05, 4.69) is 9.97 Å². The summed E-state index contributed by atoms with van der Waals surface area (Å²) < 4.78 is 1.77. The van der Waals surface area contributed by atoms with E-state index >= 15 is 0 Å². The summed E-state index contributed by atoms with van der Waals surface area (Å²) in [5, 5.41) is 0.597. The number of benzene rings is 1. The number of aromatic nitrogens is 3. The Bertz CT molecular complexity index is 879. The lowest BCUT2D eigenvalue weighted by molar-refractivity contribution is 0.898. The van der Waals surface area contributed by atoms with Crippen LogP contribution in [0.1, 0.15) is 5.56 Å². The molecule has 1 N–H and O–H groups in total. The second-order valence-electron chi connectivity index (χ2n) is 4.31. The van der Waals surface area contributed by atoms with Gasteiger partial charge in [-0.3, -0.25) is 4.79 Å². The van der Waals surface area contributed by atoms with Crippen LogP contribution in [0.2, 0.25) is 0 Å². The Hall–Kier alpha value is -2.27. The van der Waals surface area contributed by atoms with Gasteiger partial charge in [-0.25, -0.2) is 9.55 Å². The van der Waals surface area contributed by atoms with Gasteiger partial charge in [-0.15, -0.1) is 0 Å². The molecule has 0 aliphatic heterocycles. The first-order chi connectivity index (χ1) is 9.16. The molecule has 0 spiro atoms. The van der Waals surface area contributed by atoms with Crippen molar-refractivity contribution in [2.75, 3.05) is 0 Å². The first-order valence-corrected chi connectivity index (χ1v) is 6.25. The number of aromatic amines is 1. The molecule has 94 valence electrons. The monoisotopic (exact) mass is 269 g/mol. The van der Waals surface area contributed by atoms with Crippen molar-refractivity contribution in [3.8, 4) is 5.82 Å². The topological polar surface area (TPSA) is 50.7 Å². The molecule has 19 heavy (non-hydrogen) atoms. The quantitative estimate of drug-likeness (QED) is 0.691. The molecule has 0 aliphatic carbocycles. The highest BCUT2D eigenvalue weighted by Gasteiger charge is 2.07. The van der Waals surface area contributed by atoms with E-state index < -0.39 is 0 Å². The molecule has 0 aliphatic rings. The highest BCUT2D eigenvalue weighted by Crippen LogP contribution is 2.09. The zero-order valence-corrected chi connectivity index (χ0v) is 11.1. The van der Waals surface area contributed by atoms with Gasteiger partial charge in [0, 0.05) is 6.20 Å². The van der Waals surface area contributed by atoms with Gasteiger partial charge in [0.15, 0.2) is 4.77 Å². The highest BCUT2D eigenvalue weighted by molar-refractivity contribution is 7.71. The average molecular weight is 269 g/mol. The van der Waals surface area contributed by atoms with Crippen molar-refractivity contribution >= 4 is 23.1 Å². The molecule has 0 saturated heterocycles. The van der Waals surface area contributed by atoms with E-state index in [1.165, 1.54) is 4.57 Å². The Morgan fingerprint density at radius 1 is 1.26 bits per heavy atom. The van der Waals surface area contributed by atoms with Crippen LogP contribution in [-0.2, 0) is 0 Å². The first-order valence-electron chi connectivity index (χ1n) is 5.84. The maximum Gasteiger partial charge on any atom is 0.267 e. The van der Waals surface area contributed by atoms with Gasteiger partial charge in [0.2, 0.25) is 0 Å². The van der Waals surface area contributed by atoms with Crippen molar-refractivity contribution in [3.63, 3.8) is 0 Å². The number of nitrogens with zero attached hydrogens (tertiary/aromatic N) is 2. The van der Waals surface area contributed by atoms with Crippen molar-refractivity contribution in [1.29, 1.82) is 0 Å². The number of rotatable bonds is 1. The summed E-state index contributed by atoms with van der Waals surface area (Å²) in [5.74, 6) is 0.539. The molecule has 5 heteroatoms. The zero-order valence-electron chi connectivity index (χ0n) is 10.3. The lowest BCUT2D eigenvalue weighted by Crippen LogP contribution is -2.21. The van der Waals surface area contributed by atoms with E-state index in [0.717, 1.165) is 11.1 Å². The summed E-state index contributed by atoms with van der Waals surface area (Å²) >= 11 is 5.26. The van der Waals surface area contributed by atoms with Gasteiger partial charge in [-0.1, -0.05) is 12.1 Å². The highest BCUT2D eigenvalue weighted by atomic mass is 32.1. The minimum atomic E-state index is -0.155. The van der Waals surface area contributed by atoms with Crippen LogP contribution in [-0.4, -0.2) is 14.5 Å². The lowest BCUT2D eigenvalue weighted by Gasteiger charge is -2.07. The molecule has 3 rings (SSSR count). The Balaban J connectivity index is 2.42. The molecule has 0 amide bonds. The molecule has 4 nitrogen and oxygen atoms in total. The summed E-state index contributed by atoms with van der Waals surface area (Å²) in [7, 11) is 0. The van der Waals surface area contributed by atoms with E-state index in [1.807, 2.05) is 37.3 Å². The summed E-state index contributed by atoms with van der Waals surface area (Å²) in [6.07, 6.45) is 1.67. The molecule has 2 aromatic heterocycles. The Morgan fingerprint density at radius 3 is 2.84 bits per heavy atom. The molecular weight excluding hydrogens is 258 g/mol. The number of nitrogens with one attached hydrogen (secondary N) is 1. The summed E-state index contributed by atoms with van der Waals surface area (Å²) in [6, 6.07) is 11.0. The number of hydrogen-bond donors (Lipinski definition) is 1. The van der Waals surface area contributed by atoms with Crippen molar-refractivity contribution in [3.05, 3.63) is 63.3 Å². The number of aryl methyl sites for hydroxylation is 1. The van der Waals surface area contributed by atoms with E-state index in [-0.39, 0.29) is 5.56 Å². The van der Waals surface area contributed by atoms with Crippen LogP contribution in [0.25, 0.3) is 16.7 Å². The van der Waals surface area contributed by atoms with Gasteiger partial charge < -0.3 is 4.98 Å². The second-order valence-corrected chi connectivity index (χ2v) is 4.69. The molecule has 0 bridgehead atoms. The maximum atomic E-state index is 12.5. The van der Waals surface area contributed by atoms with Crippen LogP contribution in [0, 0.1) is 11.7 Å². The van der Waals surface area contributed by atoms with Crippen LogP contribution >= 0.6 is 12.2 Å². The zero-order chi connectivity index (χ0) is 13.4. The Morgan fingerprint density at radius 2 is 2.05 bits per heavy atom. The Labute approximate surface area is 114 Å². The van der Waals surface area contributed by atoms with Gasteiger partial charge in [-0.2, -0.15) is 0 Å². The molecule has 1 aromatic carbocycles. The van der Waals surface area contributed by atoms with Crippen molar-refractivity contribution in [2.24, 2.45) is 0 Å². The number of para-hydroxylation sites is 1. The fraction of sp³-hybridized carbons (Fsp3) is 0.0714. The molecule has 0 atom stereocenters. The van der Waals surface area contributed by atoms with E-state index in [0.29, 0.717) is 16.0 Å². The fourth-order valence-corrected chi connectivity index (χ4v) is 2.30. The SMILES string of the molecule is Cc1ccnc(-n2c(=S)[nH]c3ccccc3c2=O)c1. The van der Waals surface area contributed by atoms with E-state index in [1.54, 1.807) is 12.3 Å². The van der Waals surface area contributed by atoms with Crippen molar-refractivity contribution in [1.82, 2.24) is 14.5 Å². The minimum Gasteiger partial charge on any atom is -0.331 e. The third-order valence-corrected chi connectivity index (χ3v) is 3.22. The molecule has 0 saturated carbocycles. The molecular formula is C14H11N3OS. The lowest BCUT2D eigenvalue weighted by atomic mass is 10.2. The third kappa shape index (κ3) is 1.98. The molecule has 3 aromatic rings. The summed E-state index contributed by atoms with van der Waals surface area (Å²) in [4.78, 5) is 19.8. The Kier molecular flexibility index (Phi) is 2.76. The van der Waals surface area contributed by atoms with Crippen LogP contribution in [0.5, 0.6) is 0 Å². The van der Waals surface area contributed by atoms with Gasteiger partial charge in [-0.05, 0) is 49.0 Å². The van der Waals surface area contributed by atoms with Crippen LogP contribution in [0.3, 0.4) is 0 Å². The minimum absolute atomic E-state index is 0.155. The maximum absolute atomic E-state index is 12.5. The second kappa shape index (κ2) is 4.44. The fourth-order valence-electron chi connectivity index (χ4n) is 2.01. The molecule has 2 heterocycles. The first kappa shape index (κ1) is 11.8. The van der Waals surface area contributed by atoms with Crippen LogP contribution < -0.4 is 5.56 Å². The van der Waals surface area contributed by atoms with Gasteiger partial charge in [0.25, 0.3) is 5.56 Å². The van der Waals surface area contributed by atoms with E-state index in [9.17, 15) is 4.79 Å². The van der Waals surface area contributed by atoms with Gasteiger partial charge in [0.05, 0.1) is 10.9 Å². The van der Waals surface area contributed by atoms with Crippen LogP contribution in [0.15, 0.2) is 47.4 Å². The normalized spacial score (nSPS) is 10.8. The summed E-state index contributed by atoms with van der Waals surface area (Å²) in [5.41, 5.74) is 1.61. The van der Waals surface area contributed by atoms with Crippen LogP contribution in [0.4, 0.5) is 0 Å². The third-order valence-electron chi connectivity index (χ3n) is 2.94. The molecule has 0 fully saturated rings. The molecule has 0 unspecified atom stereocenters. The average Bonchev–Trinajstić information content (AvgIpc) is 2.39. The summed E-state index contributed by atoms with van der Waals surface area (Å²) in [6.45, 7) is 1.95. The standard InChI is InChI=1S/C14H11N3OS/c1-9-6-7-15-12(8-9)17-13(18)10-4-2-3-5-11(10)16-14(17)19/h2-8H,1H3,(H,16,19). The number of pyridine rings is 1. The number of fused-ring (bicyclic) bond motifs is 1. The van der Waals surface area contributed by atoms with Gasteiger partial charge >= 0.3 is 0 Å². The van der Waals surface area contributed by atoms with Crippen molar-refractivity contribution in [2.45, 2.75) is 6.92 Å². The van der Waals surface area contributed by atoms with Gasteiger partial charge in [0.1, 0.15) is 5.82 Å².